The van der Waals surface area contributed by atoms with Gasteiger partial charge in [0.2, 0.25) is 0 Å². The molecule has 0 aromatic heterocycles. The molecule has 3 nitrogen and oxygen atoms in total. The third-order valence-corrected chi connectivity index (χ3v) is 5.88. The molecule has 31 heavy (non-hydrogen) atoms. The van der Waals surface area contributed by atoms with E-state index in [0.29, 0.717) is 5.57 Å². The van der Waals surface area contributed by atoms with Crippen LogP contribution in [0.1, 0.15) is 25.0 Å². The van der Waals surface area contributed by atoms with Crippen molar-refractivity contribution in [1.82, 2.24) is 4.90 Å². The summed E-state index contributed by atoms with van der Waals surface area (Å²) in [5, 5.41) is 0. The molecule has 0 radical (unpaired) electrons. The highest BCUT2D eigenvalue weighted by Gasteiger charge is 2.39. The third-order valence-electron chi connectivity index (χ3n) is 5.88. The van der Waals surface area contributed by atoms with Crippen molar-refractivity contribution >= 4 is 22.8 Å². The minimum absolute atomic E-state index is 0.0130. The molecule has 0 N–H and O–H groups in total. The van der Waals surface area contributed by atoms with Gasteiger partial charge in [0.25, 0.3) is 5.91 Å². The molecule has 0 saturated carbocycles. The summed E-state index contributed by atoms with van der Waals surface area (Å²) in [5.41, 5.74) is 8.52. The molecule has 1 amide bonds. The molecule has 2 aromatic carbocycles. The van der Waals surface area contributed by atoms with Gasteiger partial charge in [-0.05, 0) is 59.4 Å². The number of hydrogen-bond acceptors (Lipinski definition) is 2. The van der Waals surface area contributed by atoms with E-state index in [1.165, 1.54) is 0 Å². The quantitative estimate of drug-likeness (QED) is 0.652. The predicted octanol–water partition coefficient (Wildman–Crippen LogP) is 5.62. The van der Waals surface area contributed by atoms with Gasteiger partial charge in [-0.25, -0.2) is 0 Å². The molecular weight excluding hydrogens is 382 g/mol. The predicted molar refractivity (Wildman–Crippen MR) is 123 cm³/mol. The molecule has 3 aliphatic rings. The number of hydrogen-bond donors (Lipinski definition) is 0. The number of ketones is 1. The summed E-state index contributed by atoms with van der Waals surface area (Å²) in [5.74, 6) is -0.0336. The molecule has 2 heterocycles. The molecule has 3 heteroatoms. The fourth-order valence-corrected chi connectivity index (χ4v) is 4.56. The monoisotopic (exact) mass is 403 g/mol. The number of benzene rings is 2. The van der Waals surface area contributed by atoms with Crippen LogP contribution in [0.25, 0.3) is 11.1 Å². The number of nitrogens with zero attached hydrogens (tertiary/aromatic N) is 1. The van der Waals surface area contributed by atoms with Gasteiger partial charge in [0.15, 0.2) is 5.78 Å². The van der Waals surface area contributed by atoms with Gasteiger partial charge in [0.1, 0.15) is 0 Å². The first kappa shape index (κ1) is 19.0. The second-order valence-electron chi connectivity index (χ2n) is 7.84. The normalized spacial score (nSPS) is 18.3. The largest absolute Gasteiger partial charge is 0.290 e. The molecular formula is C28H21NO2. The Morgan fingerprint density at radius 2 is 1.19 bits per heavy atom. The second-order valence-corrected chi connectivity index (χ2v) is 7.84. The van der Waals surface area contributed by atoms with E-state index in [1.807, 2.05) is 85.9 Å². The summed E-state index contributed by atoms with van der Waals surface area (Å²) in [4.78, 5) is 27.1. The van der Waals surface area contributed by atoms with E-state index < -0.39 is 0 Å². The standard InChI is InChI=1S/C28H21NO2/c1-18-17-29-27(19(2)24(18)22-13-15-23(30)16-14-22)25(20-9-5-3-6-10-20)26(28(29)31)21-11-7-4-8-12-21/h3-17H,1-2H3. The molecule has 150 valence electrons. The van der Waals surface area contributed by atoms with Gasteiger partial charge in [0, 0.05) is 11.8 Å². The lowest BCUT2D eigenvalue weighted by molar-refractivity contribution is -0.120. The van der Waals surface area contributed by atoms with E-state index in [2.05, 4.69) is 6.92 Å². The van der Waals surface area contributed by atoms with Gasteiger partial charge < -0.3 is 0 Å². The Labute approximate surface area is 181 Å². The molecule has 2 aromatic rings. The molecule has 0 unspecified atom stereocenters. The highest BCUT2D eigenvalue weighted by atomic mass is 16.2. The molecule has 0 fully saturated rings. The van der Waals surface area contributed by atoms with Gasteiger partial charge >= 0.3 is 0 Å². The van der Waals surface area contributed by atoms with Crippen molar-refractivity contribution in [2.45, 2.75) is 13.8 Å². The van der Waals surface area contributed by atoms with Crippen LogP contribution in [0.15, 0.2) is 119 Å². The minimum Gasteiger partial charge on any atom is -0.290 e. The Hall–Kier alpha value is -3.98. The summed E-state index contributed by atoms with van der Waals surface area (Å²) in [6.07, 6.45) is 8.81. The SMILES string of the molecule is CC1=CN2C(=O)C(c3ccccc3)=C(c3ccccc3)C2=C(C)C1=C1C=CC(=O)C=C1. The van der Waals surface area contributed by atoms with Crippen LogP contribution in [0.5, 0.6) is 0 Å². The summed E-state index contributed by atoms with van der Waals surface area (Å²) in [6.45, 7) is 4.07. The molecule has 0 atom stereocenters. The van der Waals surface area contributed by atoms with Crippen LogP contribution in [0, 0.1) is 0 Å². The van der Waals surface area contributed by atoms with Crippen LogP contribution in [-0.4, -0.2) is 16.6 Å². The van der Waals surface area contributed by atoms with Crippen LogP contribution in [-0.2, 0) is 9.59 Å². The molecule has 1 aliphatic carbocycles. The smallest absolute Gasteiger partial charge is 0.263 e. The van der Waals surface area contributed by atoms with Crippen molar-refractivity contribution in [3.63, 3.8) is 0 Å². The Balaban J connectivity index is 1.82. The van der Waals surface area contributed by atoms with E-state index in [1.54, 1.807) is 17.1 Å². The van der Waals surface area contributed by atoms with Crippen molar-refractivity contribution in [1.29, 1.82) is 0 Å². The van der Waals surface area contributed by atoms with Crippen molar-refractivity contribution < 1.29 is 9.59 Å². The average molecular weight is 403 g/mol. The fourth-order valence-electron chi connectivity index (χ4n) is 4.56. The average Bonchev–Trinajstić information content (AvgIpc) is 3.09. The lowest BCUT2D eigenvalue weighted by Gasteiger charge is -2.28. The molecule has 2 aliphatic heterocycles. The number of carbonyl (C=O) groups is 2. The van der Waals surface area contributed by atoms with Crippen molar-refractivity contribution in [3.05, 3.63) is 130 Å². The van der Waals surface area contributed by atoms with Gasteiger partial charge in [0.05, 0.1) is 11.3 Å². The Morgan fingerprint density at radius 1 is 0.645 bits per heavy atom. The highest BCUT2D eigenvalue weighted by molar-refractivity contribution is 6.34. The van der Waals surface area contributed by atoms with Crippen molar-refractivity contribution in [2.24, 2.45) is 0 Å². The minimum atomic E-state index is -0.0206. The summed E-state index contributed by atoms with van der Waals surface area (Å²) in [6, 6.07) is 19.9. The maximum Gasteiger partial charge on any atom is 0.263 e. The molecule has 5 rings (SSSR count). The summed E-state index contributed by atoms with van der Waals surface area (Å²) < 4.78 is 0. The van der Waals surface area contributed by atoms with Crippen LogP contribution in [0.3, 0.4) is 0 Å². The first-order valence-corrected chi connectivity index (χ1v) is 10.3. The lowest BCUT2D eigenvalue weighted by atomic mass is 9.86. The molecule has 0 saturated heterocycles. The first-order valence-electron chi connectivity index (χ1n) is 10.3. The zero-order valence-electron chi connectivity index (χ0n) is 17.4. The maximum absolute atomic E-state index is 13.6. The Bertz CT molecular complexity index is 1280. The van der Waals surface area contributed by atoms with Gasteiger partial charge in [-0.2, -0.15) is 0 Å². The van der Waals surface area contributed by atoms with Gasteiger partial charge in [-0.1, -0.05) is 72.8 Å². The van der Waals surface area contributed by atoms with E-state index >= 15 is 0 Å². The first-order chi connectivity index (χ1) is 15.1. The van der Waals surface area contributed by atoms with Gasteiger partial charge in [-0.15, -0.1) is 0 Å². The Morgan fingerprint density at radius 3 is 1.77 bits per heavy atom. The van der Waals surface area contributed by atoms with E-state index in [-0.39, 0.29) is 11.7 Å². The van der Waals surface area contributed by atoms with Gasteiger partial charge in [-0.3, -0.25) is 14.5 Å². The van der Waals surface area contributed by atoms with E-state index in [0.717, 1.165) is 44.7 Å². The topological polar surface area (TPSA) is 37.4 Å². The maximum atomic E-state index is 13.6. The lowest BCUT2D eigenvalue weighted by Crippen LogP contribution is -2.24. The number of amides is 1. The zero-order chi connectivity index (χ0) is 21.5. The number of rotatable bonds is 2. The highest BCUT2D eigenvalue weighted by Crippen LogP contribution is 2.48. The van der Waals surface area contributed by atoms with Crippen molar-refractivity contribution in [2.75, 3.05) is 0 Å². The molecule has 0 bridgehead atoms. The number of carbonyl (C=O) groups excluding carboxylic acids is 2. The van der Waals surface area contributed by atoms with Crippen LogP contribution in [0.4, 0.5) is 0 Å². The summed E-state index contributed by atoms with van der Waals surface area (Å²) >= 11 is 0. The van der Waals surface area contributed by atoms with Crippen LogP contribution in [0.2, 0.25) is 0 Å². The van der Waals surface area contributed by atoms with E-state index in [9.17, 15) is 9.59 Å². The third kappa shape index (κ3) is 3.06. The van der Waals surface area contributed by atoms with Crippen molar-refractivity contribution in [3.8, 4) is 0 Å². The zero-order valence-corrected chi connectivity index (χ0v) is 17.4. The van der Waals surface area contributed by atoms with E-state index in [4.69, 9.17) is 0 Å². The summed E-state index contributed by atoms with van der Waals surface area (Å²) in [7, 11) is 0. The second kappa shape index (κ2) is 7.37. The van der Waals surface area contributed by atoms with Crippen LogP contribution < -0.4 is 0 Å². The fraction of sp³-hybridized carbons (Fsp3) is 0.0714. The van der Waals surface area contributed by atoms with Crippen LogP contribution >= 0.6 is 0 Å². The number of allylic oxidation sites excluding steroid dienone is 9. The number of fused-ring (bicyclic) bond motifs is 1. The Kier molecular flexibility index (Phi) is 4.52. The molecule has 0 spiro atoms.